The topological polar surface area (TPSA) is 41.1 Å². The summed E-state index contributed by atoms with van der Waals surface area (Å²) in [6.45, 7) is 2.14. The van der Waals surface area contributed by atoms with Gasteiger partial charge in [0.2, 0.25) is 5.91 Å². The molecule has 2 aliphatic heterocycles. The fraction of sp³-hybridized carbons (Fsp3) is 0.588. The molecule has 1 unspecified atom stereocenters. The Hall–Kier alpha value is -0.780. The van der Waals surface area contributed by atoms with Crippen molar-refractivity contribution in [1.82, 2.24) is 10.6 Å². The van der Waals surface area contributed by atoms with Crippen LogP contribution in [0.5, 0.6) is 0 Å². The summed E-state index contributed by atoms with van der Waals surface area (Å²) in [5, 5.41) is 6.45. The van der Waals surface area contributed by atoms with Crippen molar-refractivity contribution in [3.63, 3.8) is 0 Å². The molecule has 23 heavy (non-hydrogen) atoms. The zero-order chi connectivity index (χ0) is 15.4. The zero-order valence-corrected chi connectivity index (χ0v) is 14.8. The number of carbonyl (C=O) groups is 1. The summed E-state index contributed by atoms with van der Waals surface area (Å²) in [5.74, 6) is 1.45. The summed E-state index contributed by atoms with van der Waals surface area (Å²) < 4.78 is 13.8. The van der Waals surface area contributed by atoms with Crippen molar-refractivity contribution in [3.8, 4) is 0 Å². The molecule has 6 heteroatoms. The largest absolute Gasteiger partial charge is 0.349 e. The molecule has 0 aliphatic carbocycles. The Morgan fingerprint density at radius 3 is 2.87 bits per heavy atom. The van der Waals surface area contributed by atoms with Gasteiger partial charge in [-0.25, -0.2) is 4.39 Å². The number of thioether (sulfide) groups is 1. The molecule has 3 nitrogen and oxygen atoms in total. The van der Waals surface area contributed by atoms with Gasteiger partial charge in [-0.2, -0.15) is 0 Å². The van der Waals surface area contributed by atoms with Crippen molar-refractivity contribution in [2.45, 2.75) is 43.0 Å². The third kappa shape index (κ3) is 4.85. The van der Waals surface area contributed by atoms with Gasteiger partial charge in [-0.1, -0.05) is 12.1 Å². The monoisotopic (exact) mass is 358 g/mol. The highest BCUT2D eigenvalue weighted by Crippen LogP contribution is 2.37. The normalized spacial score (nSPS) is 21.2. The van der Waals surface area contributed by atoms with Crippen molar-refractivity contribution in [1.29, 1.82) is 0 Å². The number of amides is 1. The first kappa shape index (κ1) is 18.6. The Kier molecular flexibility index (Phi) is 7.18. The van der Waals surface area contributed by atoms with Crippen LogP contribution in [0.15, 0.2) is 23.1 Å². The number of halogens is 2. The fourth-order valence-corrected chi connectivity index (χ4v) is 4.45. The standard InChI is InChI=1S/C17H23FN2OS.ClH/c18-14-3-1-2-13-15(8-11-22-17(13)14)20-16(21)5-4-12-6-9-19-10-7-12;/h1-3,12,15,19H,4-11H2,(H,20,21);1H. The molecule has 0 aromatic heterocycles. The van der Waals surface area contributed by atoms with Crippen LogP contribution in [-0.2, 0) is 4.79 Å². The number of hydrogen-bond donors (Lipinski definition) is 2. The van der Waals surface area contributed by atoms with E-state index in [0.29, 0.717) is 17.2 Å². The predicted octanol–water partition coefficient (Wildman–Crippen LogP) is 3.68. The quantitative estimate of drug-likeness (QED) is 0.862. The number of fused-ring (bicyclic) bond motifs is 1. The van der Waals surface area contributed by atoms with Gasteiger partial charge in [0.15, 0.2) is 0 Å². The fourth-order valence-electron chi connectivity index (χ4n) is 3.31. The third-order valence-corrected chi connectivity index (χ3v) is 5.76. The first-order chi connectivity index (χ1) is 10.7. The highest BCUT2D eigenvalue weighted by molar-refractivity contribution is 7.99. The maximum atomic E-state index is 13.8. The van der Waals surface area contributed by atoms with Crippen LogP contribution in [0.3, 0.4) is 0 Å². The van der Waals surface area contributed by atoms with Crippen LogP contribution in [0.1, 0.15) is 43.7 Å². The van der Waals surface area contributed by atoms with Crippen LogP contribution in [0, 0.1) is 11.7 Å². The molecule has 1 aromatic rings. The lowest BCUT2D eigenvalue weighted by atomic mass is 9.93. The Bertz CT molecular complexity index is 537. The van der Waals surface area contributed by atoms with Crippen molar-refractivity contribution in [2.24, 2.45) is 5.92 Å². The molecule has 0 saturated carbocycles. The van der Waals surface area contributed by atoms with E-state index < -0.39 is 0 Å². The second-order valence-corrected chi connectivity index (χ2v) is 7.25. The van der Waals surface area contributed by atoms with Gasteiger partial charge in [0, 0.05) is 17.1 Å². The Morgan fingerprint density at radius 1 is 1.30 bits per heavy atom. The molecule has 0 radical (unpaired) electrons. The van der Waals surface area contributed by atoms with E-state index in [0.717, 1.165) is 37.2 Å². The molecular weight excluding hydrogens is 335 g/mol. The van der Waals surface area contributed by atoms with Crippen LogP contribution >= 0.6 is 24.2 Å². The van der Waals surface area contributed by atoms with E-state index in [1.807, 2.05) is 6.07 Å². The molecule has 1 fully saturated rings. The van der Waals surface area contributed by atoms with Crippen LogP contribution in [0.4, 0.5) is 4.39 Å². The van der Waals surface area contributed by atoms with E-state index >= 15 is 0 Å². The van der Waals surface area contributed by atoms with Crippen LogP contribution in [-0.4, -0.2) is 24.7 Å². The van der Waals surface area contributed by atoms with Crippen molar-refractivity contribution < 1.29 is 9.18 Å². The molecule has 1 saturated heterocycles. The van der Waals surface area contributed by atoms with Gasteiger partial charge >= 0.3 is 0 Å². The van der Waals surface area contributed by atoms with Crippen LogP contribution in [0.25, 0.3) is 0 Å². The number of benzene rings is 1. The molecule has 3 rings (SSSR count). The minimum atomic E-state index is -0.170. The molecule has 2 heterocycles. The summed E-state index contributed by atoms with van der Waals surface area (Å²) in [6.07, 6.45) is 4.76. The number of piperidine rings is 1. The number of carbonyl (C=O) groups excluding carboxylic acids is 1. The van der Waals surface area contributed by atoms with Crippen molar-refractivity contribution >= 4 is 30.1 Å². The Labute approximate surface area is 147 Å². The van der Waals surface area contributed by atoms with Crippen molar-refractivity contribution in [3.05, 3.63) is 29.6 Å². The van der Waals surface area contributed by atoms with E-state index in [1.54, 1.807) is 17.8 Å². The number of hydrogen-bond acceptors (Lipinski definition) is 3. The summed E-state index contributed by atoms with van der Waals surface area (Å²) in [5.41, 5.74) is 0.937. The summed E-state index contributed by atoms with van der Waals surface area (Å²) in [6, 6.07) is 5.12. The molecule has 1 aromatic carbocycles. The minimum absolute atomic E-state index is 0. The summed E-state index contributed by atoms with van der Waals surface area (Å²) in [4.78, 5) is 12.9. The molecule has 1 amide bonds. The molecular formula is C17H24ClFN2OS. The number of nitrogens with one attached hydrogen (secondary N) is 2. The maximum absolute atomic E-state index is 13.8. The third-order valence-electron chi connectivity index (χ3n) is 4.60. The molecule has 0 bridgehead atoms. The van der Waals surface area contributed by atoms with Gasteiger partial charge in [-0.05, 0) is 56.3 Å². The first-order valence-corrected chi connectivity index (χ1v) is 9.14. The first-order valence-electron chi connectivity index (χ1n) is 8.15. The predicted molar refractivity (Wildman–Crippen MR) is 94.7 cm³/mol. The molecule has 0 spiro atoms. The van der Waals surface area contributed by atoms with E-state index in [1.165, 1.54) is 18.9 Å². The highest BCUT2D eigenvalue weighted by atomic mass is 35.5. The Balaban J connectivity index is 0.00000192. The van der Waals surface area contributed by atoms with Gasteiger partial charge in [0.1, 0.15) is 5.82 Å². The molecule has 2 aliphatic rings. The lowest BCUT2D eigenvalue weighted by Gasteiger charge is -2.27. The van der Waals surface area contributed by atoms with E-state index in [4.69, 9.17) is 0 Å². The lowest BCUT2D eigenvalue weighted by Crippen LogP contribution is -2.32. The van der Waals surface area contributed by atoms with Gasteiger partial charge in [-0.15, -0.1) is 24.2 Å². The van der Waals surface area contributed by atoms with Gasteiger partial charge in [0.05, 0.1) is 6.04 Å². The average molecular weight is 359 g/mol. The lowest BCUT2D eigenvalue weighted by molar-refractivity contribution is -0.122. The van der Waals surface area contributed by atoms with Crippen molar-refractivity contribution in [2.75, 3.05) is 18.8 Å². The molecule has 128 valence electrons. The van der Waals surface area contributed by atoms with Crippen LogP contribution in [0.2, 0.25) is 0 Å². The van der Waals surface area contributed by atoms with Gasteiger partial charge < -0.3 is 10.6 Å². The molecule has 2 N–H and O–H groups in total. The smallest absolute Gasteiger partial charge is 0.220 e. The average Bonchev–Trinajstić information content (AvgIpc) is 2.55. The second kappa shape index (κ2) is 8.90. The van der Waals surface area contributed by atoms with E-state index in [2.05, 4.69) is 10.6 Å². The minimum Gasteiger partial charge on any atom is -0.349 e. The SMILES string of the molecule is Cl.O=C(CCC1CCNCC1)NC1CCSc2c(F)cccc21. The van der Waals surface area contributed by atoms with Gasteiger partial charge in [0.25, 0.3) is 0 Å². The number of rotatable bonds is 4. The van der Waals surface area contributed by atoms with Crippen LogP contribution < -0.4 is 10.6 Å². The Morgan fingerprint density at radius 2 is 2.09 bits per heavy atom. The van der Waals surface area contributed by atoms with Gasteiger partial charge in [-0.3, -0.25) is 4.79 Å². The second-order valence-electron chi connectivity index (χ2n) is 6.15. The molecule has 1 atom stereocenters. The zero-order valence-electron chi connectivity index (χ0n) is 13.1. The van der Waals surface area contributed by atoms with E-state index in [9.17, 15) is 9.18 Å². The summed E-state index contributed by atoms with van der Waals surface area (Å²) >= 11 is 1.55. The summed E-state index contributed by atoms with van der Waals surface area (Å²) in [7, 11) is 0. The highest BCUT2D eigenvalue weighted by Gasteiger charge is 2.24. The van der Waals surface area contributed by atoms with E-state index in [-0.39, 0.29) is 30.2 Å². The maximum Gasteiger partial charge on any atom is 0.220 e.